The van der Waals surface area contributed by atoms with E-state index in [-0.39, 0.29) is 16.9 Å². The lowest BCUT2D eigenvalue weighted by Gasteiger charge is -2.17. The Hall–Kier alpha value is -1.99. The van der Waals surface area contributed by atoms with Gasteiger partial charge in [0.25, 0.3) is 0 Å². The summed E-state index contributed by atoms with van der Waals surface area (Å²) in [6.45, 7) is -1.29. The van der Waals surface area contributed by atoms with Crippen molar-refractivity contribution in [2.24, 2.45) is 0 Å². The number of anilines is 2. The molecule has 0 atom stereocenters. The minimum absolute atomic E-state index is 0.0387. The molecular formula is C11H12F4N2O2. The summed E-state index contributed by atoms with van der Waals surface area (Å²) in [5, 5.41) is 2.09. The second kappa shape index (κ2) is 5.77. The SMILES string of the molecule is COC(=O)c1ccc(N)c(NCC(F)(F)C(F)F)c1. The standard InChI is InChI=1S/C11H12F4N2O2/c1-19-9(18)6-2-3-7(16)8(4-6)17-5-11(14,15)10(12)13/h2-4,10,17H,5,16H2,1H3. The minimum atomic E-state index is -4.19. The number of carbonyl (C=O) groups is 1. The molecule has 0 aromatic heterocycles. The summed E-state index contributed by atoms with van der Waals surface area (Å²) < 4.78 is 53.9. The van der Waals surface area contributed by atoms with Crippen molar-refractivity contribution in [3.8, 4) is 0 Å². The number of nitrogens with two attached hydrogens (primary N) is 1. The number of esters is 1. The van der Waals surface area contributed by atoms with E-state index in [0.717, 1.165) is 13.2 Å². The summed E-state index contributed by atoms with van der Waals surface area (Å²) in [4.78, 5) is 11.2. The van der Waals surface area contributed by atoms with Crippen molar-refractivity contribution in [3.63, 3.8) is 0 Å². The Bertz CT molecular complexity index is 466. The zero-order valence-corrected chi connectivity index (χ0v) is 9.92. The molecule has 0 radical (unpaired) electrons. The van der Waals surface area contributed by atoms with Crippen LogP contribution in [0, 0.1) is 0 Å². The lowest BCUT2D eigenvalue weighted by molar-refractivity contribution is -0.117. The van der Waals surface area contributed by atoms with Gasteiger partial charge >= 0.3 is 18.3 Å². The highest BCUT2D eigenvalue weighted by Crippen LogP contribution is 2.26. The largest absolute Gasteiger partial charge is 0.465 e. The average molecular weight is 280 g/mol. The van der Waals surface area contributed by atoms with Crippen molar-refractivity contribution in [2.45, 2.75) is 12.3 Å². The van der Waals surface area contributed by atoms with Crippen molar-refractivity contribution in [1.82, 2.24) is 0 Å². The quantitative estimate of drug-likeness (QED) is 0.494. The van der Waals surface area contributed by atoms with Crippen molar-refractivity contribution in [3.05, 3.63) is 23.8 Å². The molecule has 0 bridgehead atoms. The highest BCUT2D eigenvalue weighted by Gasteiger charge is 2.40. The van der Waals surface area contributed by atoms with Crippen LogP contribution in [0.5, 0.6) is 0 Å². The molecule has 0 spiro atoms. The third-order valence-electron chi connectivity index (χ3n) is 2.31. The smallest absolute Gasteiger partial charge is 0.337 e. The zero-order chi connectivity index (χ0) is 14.6. The Morgan fingerprint density at radius 2 is 2.11 bits per heavy atom. The van der Waals surface area contributed by atoms with Gasteiger partial charge < -0.3 is 15.8 Å². The molecule has 8 heteroatoms. The van der Waals surface area contributed by atoms with E-state index < -0.39 is 24.9 Å². The molecule has 0 amide bonds. The zero-order valence-electron chi connectivity index (χ0n) is 9.92. The number of rotatable bonds is 5. The first-order chi connectivity index (χ1) is 8.77. The van der Waals surface area contributed by atoms with Crippen LogP contribution in [-0.2, 0) is 4.74 Å². The van der Waals surface area contributed by atoms with Crippen LogP contribution in [0.4, 0.5) is 28.9 Å². The predicted molar refractivity (Wildman–Crippen MR) is 61.6 cm³/mol. The molecule has 19 heavy (non-hydrogen) atoms. The molecule has 4 nitrogen and oxygen atoms in total. The van der Waals surface area contributed by atoms with E-state index in [1.165, 1.54) is 12.1 Å². The van der Waals surface area contributed by atoms with E-state index >= 15 is 0 Å². The molecule has 0 aliphatic rings. The van der Waals surface area contributed by atoms with Gasteiger partial charge in [0.2, 0.25) is 0 Å². The van der Waals surface area contributed by atoms with E-state index in [4.69, 9.17) is 5.73 Å². The number of hydrogen-bond donors (Lipinski definition) is 2. The van der Waals surface area contributed by atoms with E-state index in [1.54, 1.807) is 0 Å². The molecule has 0 saturated heterocycles. The molecule has 3 N–H and O–H groups in total. The fraction of sp³-hybridized carbons (Fsp3) is 0.364. The van der Waals surface area contributed by atoms with Gasteiger partial charge in [-0.2, -0.15) is 8.78 Å². The van der Waals surface area contributed by atoms with Crippen molar-refractivity contribution in [1.29, 1.82) is 0 Å². The van der Waals surface area contributed by atoms with Crippen LogP contribution in [0.25, 0.3) is 0 Å². The summed E-state index contributed by atoms with van der Waals surface area (Å²) in [7, 11) is 1.15. The lowest BCUT2D eigenvalue weighted by Crippen LogP contribution is -2.35. The number of nitrogen functional groups attached to an aromatic ring is 1. The second-order valence-corrected chi connectivity index (χ2v) is 3.71. The van der Waals surface area contributed by atoms with Crippen LogP contribution < -0.4 is 11.1 Å². The molecular weight excluding hydrogens is 268 g/mol. The van der Waals surface area contributed by atoms with Crippen LogP contribution in [-0.4, -0.2) is 32.0 Å². The molecule has 0 aliphatic carbocycles. The normalized spacial score (nSPS) is 11.5. The second-order valence-electron chi connectivity index (χ2n) is 3.71. The van der Waals surface area contributed by atoms with E-state index in [0.29, 0.717) is 0 Å². The number of benzene rings is 1. The molecule has 0 saturated carbocycles. The molecule has 1 aromatic rings. The fourth-order valence-electron chi connectivity index (χ4n) is 1.24. The Morgan fingerprint density at radius 1 is 1.47 bits per heavy atom. The molecule has 0 unspecified atom stereocenters. The Labute approximate surface area is 106 Å². The Morgan fingerprint density at radius 3 is 2.63 bits per heavy atom. The number of nitrogens with one attached hydrogen (secondary N) is 1. The molecule has 1 rings (SSSR count). The van der Waals surface area contributed by atoms with Gasteiger partial charge in [0.1, 0.15) is 0 Å². The highest BCUT2D eigenvalue weighted by molar-refractivity contribution is 5.91. The van der Waals surface area contributed by atoms with Gasteiger partial charge in [0.05, 0.1) is 30.6 Å². The first-order valence-electron chi connectivity index (χ1n) is 5.15. The summed E-state index contributed by atoms with van der Waals surface area (Å²) >= 11 is 0. The molecule has 0 heterocycles. The van der Waals surface area contributed by atoms with Crippen LogP contribution in [0.2, 0.25) is 0 Å². The summed E-state index contributed by atoms with van der Waals surface area (Å²) in [6.07, 6.45) is -3.79. The van der Waals surface area contributed by atoms with Crippen LogP contribution in [0.3, 0.4) is 0 Å². The van der Waals surface area contributed by atoms with Gasteiger partial charge in [0, 0.05) is 0 Å². The van der Waals surface area contributed by atoms with E-state index in [9.17, 15) is 22.4 Å². The number of halogens is 4. The third kappa shape index (κ3) is 3.73. The maximum Gasteiger partial charge on any atom is 0.337 e. The Kier molecular flexibility index (Phi) is 4.57. The average Bonchev–Trinajstić information content (AvgIpc) is 2.36. The van der Waals surface area contributed by atoms with Gasteiger partial charge in [-0.15, -0.1) is 0 Å². The number of ether oxygens (including phenoxy) is 1. The third-order valence-corrected chi connectivity index (χ3v) is 2.31. The highest BCUT2D eigenvalue weighted by atomic mass is 19.3. The van der Waals surface area contributed by atoms with Crippen molar-refractivity contribution in [2.75, 3.05) is 24.7 Å². The van der Waals surface area contributed by atoms with Gasteiger partial charge in [0.15, 0.2) is 0 Å². The monoisotopic (exact) mass is 280 g/mol. The van der Waals surface area contributed by atoms with Gasteiger partial charge in [-0.05, 0) is 18.2 Å². The number of hydrogen-bond acceptors (Lipinski definition) is 4. The first kappa shape index (κ1) is 15.1. The number of alkyl halides is 4. The molecule has 106 valence electrons. The summed E-state index contributed by atoms with van der Waals surface area (Å²) in [5.41, 5.74) is 5.57. The minimum Gasteiger partial charge on any atom is -0.465 e. The predicted octanol–water partition coefficient (Wildman–Crippen LogP) is 2.37. The van der Waals surface area contributed by atoms with E-state index in [2.05, 4.69) is 10.1 Å². The van der Waals surface area contributed by atoms with Crippen LogP contribution in [0.15, 0.2) is 18.2 Å². The molecule has 0 fully saturated rings. The van der Waals surface area contributed by atoms with Gasteiger partial charge in [-0.3, -0.25) is 0 Å². The number of methoxy groups -OCH3 is 1. The lowest BCUT2D eigenvalue weighted by atomic mass is 10.1. The first-order valence-corrected chi connectivity index (χ1v) is 5.15. The molecule has 0 aliphatic heterocycles. The van der Waals surface area contributed by atoms with Crippen molar-refractivity contribution >= 4 is 17.3 Å². The summed E-state index contributed by atoms with van der Waals surface area (Å²) in [5.74, 6) is -4.88. The maximum absolute atomic E-state index is 12.7. The fourth-order valence-corrected chi connectivity index (χ4v) is 1.24. The van der Waals surface area contributed by atoms with Crippen molar-refractivity contribution < 1.29 is 27.1 Å². The Balaban J connectivity index is 2.86. The maximum atomic E-state index is 12.7. The van der Waals surface area contributed by atoms with Gasteiger partial charge in [-0.25, -0.2) is 13.6 Å². The topological polar surface area (TPSA) is 64.3 Å². The van der Waals surface area contributed by atoms with Gasteiger partial charge in [-0.1, -0.05) is 0 Å². The van der Waals surface area contributed by atoms with E-state index in [1.807, 2.05) is 0 Å². The van der Waals surface area contributed by atoms with Crippen LogP contribution >= 0.6 is 0 Å². The van der Waals surface area contributed by atoms with Crippen LogP contribution in [0.1, 0.15) is 10.4 Å². The number of carbonyl (C=O) groups excluding carboxylic acids is 1. The summed E-state index contributed by atoms with van der Waals surface area (Å²) in [6, 6.07) is 3.77. The molecule has 1 aromatic carbocycles.